The van der Waals surface area contributed by atoms with Gasteiger partial charge in [-0.1, -0.05) is 23.7 Å². The zero-order chi connectivity index (χ0) is 14.7. The summed E-state index contributed by atoms with van der Waals surface area (Å²) in [6.07, 6.45) is 3.50. The number of alkyl halides is 1. The van der Waals surface area contributed by atoms with E-state index in [1.807, 2.05) is 18.2 Å². The lowest BCUT2D eigenvalue weighted by Crippen LogP contribution is -2.47. The van der Waals surface area contributed by atoms with Gasteiger partial charge in [0, 0.05) is 32.4 Å². The van der Waals surface area contributed by atoms with Crippen LogP contribution in [0.2, 0.25) is 5.02 Å². The third-order valence-electron chi connectivity index (χ3n) is 3.61. The molecule has 3 rings (SSSR count). The minimum Gasteiger partial charge on any atom is -0.367 e. The van der Waals surface area contributed by atoms with Gasteiger partial charge in [0.15, 0.2) is 0 Å². The summed E-state index contributed by atoms with van der Waals surface area (Å²) in [6.45, 7) is 3.62. The van der Waals surface area contributed by atoms with Crippen LogP contribution in [0.5, 0.6) is 0 Å². The average Bonchev–Trinajstić information content (AvgIpc) is 2.56. The van der Waals surface area contributed by atoms with E-state index in [0.717, 1.165) is 48.4 Å². The first-order chi connectivity index (χ1) is 10.3. The molecule has 1 saturated heterocycles. The lowest BCUT2D eigenvalue weighted by molar-refractivity contribution is 0.645. The molecule has 6 heteroatoms. The molecule has 0 saturated carbocycles. The van der Waals surface area contributed by atoms with Crippen molar-refractivity contribution in [3.63, 3.8) is 0 Å². The van der Waals surface area contributed by atoms with Gasteiger partial charge in [-0.25, -0.2) is 4.98 Å². The quantitative estimate of drug-likeness (QED) is 0.812. The number of aromatic nitrogens is 2. The van der Waals surface area contributed by atoms with E-state index in [1.165, 1.54) is 0 Å². The van der Waals surface area contributed by atoms with Gasteiger partial charge in [-0.15, -0.1) is 11.6 Å². The Morgan fingerprint density at radius 2 is 1.71 bits per heavy atom. The minimum absolute atomic E-state index is 0.389. The summed E-state index contributed by atoms with van der Waals surface area (Å²) < 4.78 is 0. The van der Waals surface area contributed by atoms with E-state index in [-0.39, 0.29) is 0 Å². The van der Waals surface area contributed by atoms with E-state index in [9.17, 15) is 0 Å². The first kappa shape index (κ1) is 14.4. The fraction of sp³-hybridized carbons (Fsp3) is 0.333. The molecule has 2 aromatic rings. The number of hydrogen-bond donors (Lipinski definition) is 0. The van der Waals surface area contributed by atoms with Crippen LogP contribution in [0, 0.1) is 0 Å². The van der Waals surface area contributed by atoms with E-state index < -0.39 is 0 Å². The highest BCUT2D eigenvalue weighted by Gasteiger charge is 2.20. The third kappa shape index (κ3) is 3.22. The second-order valence-electron chi connectivity index (χ2n) is 4.93. The van der Waals surface area contributed by atoms with Crippen LogP contribution in [0.25, 0.3) is 0 Å². The number of anilines is 2. The van der Waals surface area contributed by atoms with Crippen molar-refractivity contribution >= 4 is 34.7 Å². The maximum absolute atomic E-state index is 6.26. The van der Waals surface area contributed by atoms with Gasteiger partial charge in [-0.05, 0) is 12.1 Å². The normalized spacial score (nSPS) is 15.3. The first-order valence-corrected chi connectivity index (χ1v) is 7.80. The van der Waals surface area contributed by atoms with Gasteiger partial charge >= 0.3 is 0 Å². The summed E-state index contributed by atoms with van der Waals surface area (Å²) >= 11 is 12.1. The molecule has 0 amide bonds. The van der Waals surface area contributed by atoms with E-state index in [0.29, 0.717) is 5.88 Å². The molecule has 1 fully saturated rings. The van der Waals surface area contributed by atoms with Crippen molar-refractivity contribution in [2.45, 2.75) is 5.88 Å². The van der Waals surface area contributed by atoms with Crippen LogP contribution in [0.4, 0.5) is 11.5 Å². The van der Waals surface area contributed by atoms with Crippen molar-refractivity contribution in [1.29, 1.82) is 0 Å². The molecule has 1 aromatic carbocycles. The smallest absolute Gasteiger partial charge is 0.147 e. The predicted octanol–water partition coefficient (Wildman–Crippen LogP) is 3.20. The fourth-order valence-electron chi connectivity index (χ4n) is 2.50. The van der Waals surface area contributed by atoms with E-state index in [1.54, 1.807) is 12.4 Å². The average molecular weight is 323 g/mol. The van der Waals surface area contributed by atoms with E-state index in [2.05, 4.69) is 25.8 Å². The number of para-hydroxylation sites is 1. The van der Waals surface area contributed by atoms with Crippen LogP contribution in [0.1, 0.15) is 5.69 Å². The zero-order valence-corrected chi connectivity index (χ0v) is 13.1. The fourth-order valence-corrected chi connectivity index (χ4v) is 2.88. The van der Waals surface area contributed by atoms with Gasteiger partial charge < -0.3 is 9.80 Å². The van der Waals surface area contributed by atoms with Crippen molar-refractivity contribution in [1.82, 2.24) is 9.97 Å². The highest BCUT2D eigenvalue weighted by molar-refractivity contribution is 6.33. The van der Waals surface area contributed by atoms with Gasteiger partial charge in [-0.2, -0.15) is 0 Å². The third-order valence-corrected chi connectivity index (χ3v) is 4.20. The molecule has 0 aliphatic carbocycles. The molecule has 0 N–H and O–H groups in total. The standard InChI is InChI=1S/C15H16Cl2N4/c16-9-12-10-18-11-15(19-12)21-7-5-20(6-8-21)14-4-2-1-3-13(14)17/h1-4,10-11H,5-9H2. The number of piperazine rings is 1. The molecule has 0 bridgehead atoms. The molecule has 21 heavy (non-hydrogen) atoms. The summed E-state index contributed by atoms with van der Waals surface area (Å²) in [7, 11) is 0. The molecule has 1 aliphatic heterocycles. The van der Waals surface area contributed by atoms with E-state index >= 15 is 0 Å². The lowest BCUT2D eigenvalue weighted by atomic mass is 10.2. The Bertz CT molecular complexity index is 612. The van der Waals surface area contributed by atoms with Crippen LogP contribution < -0.4 is 9.80 Å². The summed E-state index contributed by atoms with van der Waals surface area (Å²) in [4.78, 5) is 13.3. The van der Waals surface area contributed by atoms with Crippen LogP contribution in [0.3, 0.4) is 0 Å². The molecule has 110 valence electrons. The topological polar surface area (TPSA) is 32.3 Å². The number of hydrogen-bond acceptors (Lipinski definition) is 4. The van der Waals surface area contributed by atoms with Crippen LogP contribution in [-0.4, -0.2) is 36.1 Å². The first-order valence-electron chi connectivity index (χ1n) is 6.89. The second kappa shape index (κ2) is 6.50. The van der Waals surface area contributed by atoms with E-state index in [4.69, 9.17) is 23.2 Å². The SMILES string of the molecule is ClCc1cncc(N2CCN(c3ccccc3Cl)CC2)n1. The van der Waals surface area contributed by atoms with Gasteiger partial charge in [0.05, 0.1) is 28.5 Å². The van der Waals surface area contributed by atoms with Crippen LogP contribution >= 0.6 is 23.2 Å². The second-order valence-corrected chi connectivity index (χ2v) is 5.60. The Morgan fingerprint density at radius 1 is 1.00 bits per heavy atom. The number of halogens is 2. The molecule has 0 unspecified atom stereocenters. The summed E-state index contributed by atoms with van der Waals surface area (Å²) in [5, 5.41) is 0.801. The maximum Gasteiger partial charge on any atom is 0.147 e. The molecule has 0 atom stereocenters. The molecular formula is C15H16Cl2N4. The number of nitrogens with zero attached hydrogens (tertiary/aromatic N) is 4. The Kier molecular flexibility index (Phi) is 4.46. The Labute approximate surface area is 134 Å². The molecule has 4 nitrogen and oxygen atoms in total. The van der Waals surface area contributed by atoms with Crippen molar-refractivity contribution in [3.8, 4) is 0 Å². The van der Waals surface area contributed by atoms with Gasteiger partial charge in [-0.3, -0.25) is 4.98 Å². The monoisotopic (exact) mass is 322 g/mol. The number of rotatable bonds is 3. The molecule has 0 spiro atoms. The molecule has 1 aromatic heterocycles. The zero-order valence-electron chi connectivity index (χ0n) is 11.5. The summed E-state index contributed by atoms with van der Waals surface area (Å²) in [6, 6.07) is 7.96. The Morgan fingerprint density at radius 3 is 2.43 bits per heavy atom. The van der Waals surface area contributed by atoms with Crippen LogP contribution in [-0.2, 0) is 5.88 Å². The summed E-state index contributed by atoms with van der Waals surface area (Å²) in [5.41, 5.74) is 1.90. The van der Waals surface area contributed by atoms with Crippen molar-refractivity contribution in [2.24, 2.45) is 0 Å². The number of benzene rings is 1. The molecule has 1 aliphatic rings. The maximum atomic E-state index is 6.26. The lowest BCUT2D eigenvalue weighted by Gasteiger charge is -2.37. The molecule has 2 heterocycles. The Hall–Kier alpha value is -1.52. The predicted molar refractivity (Wildman–Crippen MR) is 87.5 cm³/mol. The van der Waals surface area contributed by atoms with Gasteiger partial charge in [0.2, 0.25) is 0 Å². The summed E-state index contributed by atoms with van der Waals surface area (Å²) in [5.74, 6) is 1.28. The van der Waals surface area contributed by atoms with Gasteiger partial charge in [0.25, 0.3) is 0 Å². The van der Waals surface area contributed by atoms with Crippen molar-refractivity contribution < 1.29 is 0 Å². The molecular weight excluding hydrogens is 307 g/mol. The van der Waals surface area contributed by atoms with Gasteiger partial charge in [0.1, 0.15) is 5.82 Å². The van der Waals surface area contributed by atoms with Crippen molar-refractivity contribution in [2.75, 3.05) is 36.0 Å². The van der Waals surface area contributed by atoms with Crippen molar-refractivity contribution in [3.05, 3.63) is 47.4 Å². The largest absolute Gasteiger partial charge is 0.367 e. The highest BCUT2D eigenvalue weighted by Crippen LogP contribution is 2.26. The molecule has 0 radical (unpaired) electrons. The Balaban J connectivity index is 1.69. The highest BCUT2D eigenvalue weighted by atomic mass is 35.5. The minimum atomic E-state index is 0.389. The van der Waals surface area contributed by atoms with Crippen LogP contribution in [0.15, 0.2) is 36.7 Å².